The molecular formula is C67H101N17O3. The van der Waals surface area contributed by atoms with E-state index in [1.54, 1.807) is 12.4 Å². The highest BCUT2D eigenvalue weighted by atomic mass is 16.5. The van der Waals surface area contributed by atoms with E-state index in [9.17, 15) is 9.59 Å². The van der Waals surface area contributed by atoms with Crippen LogP contribution in [-0.2, 0) is 4.79 Å². The fourth-order valence-electron chi connectivity index (χ4n) is 16.0. The zero-order chi connectivity index (χ0) is 57.5. The maximum atomic E-state index is 12.8. The molecule has 87 heavy (non-hydrogen) atoms. The van der Waals surface area contributed by atoms with Crippen LogP contribution in [0.4, 0.5) is 40.0 Å². The number of hydrogen-bond acceptors (Lipinski definition) is 16. The van der Waals surface area contributed by atoms with Crippen LogP contribution < -0.4 is 42.4 Å². The number of para-hydroxylation sites is 1. The van der Waals surface area contributed by atoms with E-state index in [1.807, 2.05) is 42.5 Å². The number of nitrogens with two attached hydrogens (primary N) is 1. The second-order valence-electron chi connectivity index (χ2n) is 26.9. The molecule has 4 unspecified atom stereocenters. The predicted molar refractivity (Wildman–Crippen MR) is 345 cm³/mol. The first kappa shape index (κ1) is 62.2. The number of benzene rings is 1. The fraction of sp³-hybridized carbons (Fsp3) is 0.672. The molecule has 15 rings (SSSR count). The second-order valence-corrected chi connectivity index (χ2v) is 26.9. The van der Waals surface area contributed by atoms with Crippen LogP contribution in [0.15, 0.2) is 67.0 Å². The summed E-state index contributed by atoms with van der Waals surface area (Å²) in [6, 6.07) is 23.8. The number of carbonyl (C=O) groups excluding carboxylic acids is 2. The minimum absolute atomic E-state index is 0. The van der Waals surface area contributed by atoms with Gasteiger partial charge in [0, 0.05) is 121 Å². The average molecular weight is 1190 g/mol. The fourth-order valence-corrected chi connectivity index (χ4v) is 16.0. The summed E-state index contributed by atoms with van der Waals surface area (Å²) in [4.78, 5) is 48.7. The summed E-state index contributed by atoms with van der Waals surface area (Å²) < 4.78 is 5.44. The number of H-pyrrole nitrogens is 2. The molecule has 10 aliphatic rings. The van der Waals surface area contributed by atoms with Crippen molar-refractivity contribution in [1.82, 2.24) is 60.8 Å². The van der Waals surface area contributed by atoms with Gasteiger partial charge in [-0.1, -0.05) is 58.7 Å². The van der Waals surface area contributed by atoms with Crippen molar-refractivity contribution in [3.63, 3.8) is 0 Å². The first-order valence-corrected chi connectivity index (χ1v) is 33.2. The number of hydrogen-bond donors (Lipinski definition) is 9. The molecule has 1 aromatic carbocycles. The zero-order valence-electron chi connectivity index (χ0n) is 49.8. The van der Waals surface area contributed by atoms with Crippen LogP contribution >= 0.6 is 0 Å². The third-order valence-corrected chi connectivity index (χ3v) is 20.5. The number of aromatic amines is 2. The highest BCUT2D eigenvalue weighted by Crippen LogP contribution is 2.45. The van der Waals surface area contributed by atoms with Crippen molar-refractivity contribution in [1.29, 1.82) is 0 Å². The monoisotopic (exact) mass is 1190 g/mol. The third kappa shape index (κ3) is 16.7. The molecule has 20 nitrogen and oxygen atoms in total. The van der Waals surface area contributed by atoms with Gasteiger partial charge in [0.05, 0.1) is 0 Å². The van der Waals surface area contributed by atoms with Gasteiger partial charge in [-0.15, -0.1) is 0 Å². The molecule has 8 heterocycles. The van der Waals surface area contributed by atoms with E-state index in [-0.39, 0.29) is 32.9 Å². The van der Waals surface area contributed by atoms with Crippen molar-refractivity contribution >= 4 is 47.2 Å². The number of urea groups is 1. The van der Waals surface area contributed by atoms with Crippen LogP contribution in [0.1, 0.15) is 224 Å². The van der Waals surface area contributed by atoms with Crippen molar-refractivity contribution in [3.05, 3.63) is 78.4 Å². The molecule has 472 valence electrons. The molecule has 4 saturated heterocycles. The quantitative estimate of drug-likeness (QED) is 0.0310. The minimum atomic E-state index is -0.154. The van der Waals surface area contributed by atoms with Gasteiger partial charge in [-0.2, -0.15) is 20.2 Å². The van der Waals surface area contributed by atoms with Gasteiger partial charge in [0.15, 0.2) is 11.6 Å². The van der Waals surface area contributed by atoms with Gasteiger partial charge >= 0.3 is 12.0 Å². The van der Waals surface area contributed by atoms with Gasteiger partial charge in [0.2, 0.25) is 11.9 Å². The van der Waals surface area contributed by atoms with Gasteiger partial charge < -0.3 is 42.4 Å². The van der Waals surface area contributed by atoms with Gasteiger partial charge in [-0.05, 0) is 184 Å². The smallest absolute Gasteiger partial charge is 0.315 e. The molecule has 4 atom stereocenters. The Morgan fingerprint density at radius 2 is 0.943 bits per heavy atom. The number of fused-ring (bicyclic) bond motifs is 4. The normalized spacial score (nSPS) is 28.7. The molecule has 20 heteroatoms. The maximum Gasteiger partial charge on any atom is 0.315 e. The molecule has 6 saturated carbocycles. The third-order valence-electron chi connectivity index (χ3n) is 20.5. The lowest BCUT2D eigenvalue weighted by atomic mass is 9.84. The molecule has 10 fully saturated rings. The lowest BCUT2D eigenvalue weighted by Crippen LogP contribution is -2.54. The van der Waals surface area contributed by atoms with E-state index in [0.29, 0.717) is 78.1 Å². The lowest BCUT2D eigenvalue weighted by molar-refractivity contribution is -0.135. The minimum Gasteiger partial charge on any atom is -0.427 e. The first-order valence-electron chi connectivity index (χ1n) is 33.2. The average Bonchev–Trinajstić information content (AvgIpc) is 2.79. The highest BCUT2D eigenvalue weighted by Gasteiger charge is 2.48. The maximum absolute atomic E-state index is 12.8. The predicted octanol–water partition coefficient (Wildman–Crippen LogP) is 12.7. The summed E-state index contributed by atoms with van der Waals surface area (Å²) in [5.74, 6) is 6.31. The first-order chi connectivity index (χ1) is 41.7. The summed E-state index contributed by atoms with van der Waals surface area (Å²) in [7, 11) is 0. The Kier molecular flexibility index (Phi) is 21.0. The summed E-state index contributed by atoms with van der Waals surface area (Å²) in [6.45, 7) is 0. The van der Waals surface area contributed by atoms with Crippen LogP contribution in [0.2, 0.25) is 0 Å². The van der Waals surface area contributed by atoms with E-state index in [0.717, 1.165) is 112 Å². The standard InChI is InChI=1S/C29H43N9O.C26H32N6O2.C10H18N2.2CH4/c39-29(33-21-15-23-11-12-24(16-21)38(23)22-9-10-22)32-20-7-5-19(6-8-20)31-28-30-14-13-26(35-28)34-27-17-25(36-37-27)18-3-1-2-4-18;33-25(34-21-8-2-1-3-9-21)16-18-10-12-20(13-11-18)28-26-27-15-14-23(30-26)29-24-17-22(31-32-24)19-6-4-5-7-19;11-7-5-9-3-4-10(6-7)12(9)8-1-2-8;;/h13-14,17-24H,1-12,15-16H2,(H2,32,33,39)(H3,30,31,34,35,36,37);1-3,8-9,14-15,17-20H,4-7,10-13,16H2,(H3,27,28,29,30,31,32);7-10H,1-6,11H2;2*1H4. The largest absolute Gasteiger partial charge is 0.427 e. The molecule has 0 radical (unpaired) electrons. The molecular weight excluding hydrogens is 1090 g/mol. The summed E-state index contributed by atoms with van der Waals surface area (Å²) in [6.07, 6.45) is 37.9. The Bertz CT molecular complexity index is 2910. The van der Waals surface area contributed by atoms with E-state index >= 15 is 0 Å². The lowest BCUT2D eigenvalue weighted by Gasteiger charge is -2.39. The molecule has 5 aromatic rings. The molecule has 4 aromatic heterocycles. The molecule has 10 N–H and O–H groups in total. The summed E-state index contributed by atoms with van der Waals surface area (Å²) >= 11 is 0. The van der Waals surface area contributed by atoms with E-state index in [1.165, 1.54) is 127 Å². The van der Waals surface area contributed by atoms with E-state index < -0.39 is 0 Å². The summed E-state index contributed by atoms with van der Waals surface area (Å²) in [5, 5.41) is 35.4. The Hall–Kier alpha value is -6.38. The van der Waals surface area contributed by atoms with Gasteiger partial charge in [0.1, 0.15) is 17.4 Å². The van der Waals surface area contributed by atoms with Crippen molar-refractivity contribution in [2.45, 2.75) is 279 Å². The number of carbonyl (C=O) groups is 2. The Morgan fingerprint density at radius 3 is 1.43 bits per heavy atom. The van der Waals surface area contributed by atoms with Crippen LogP contribution in [-0.4, -0.2) is 129 Å². The number of aromatic nitrogens is 8. The van der Waals surface area contributed by atoms with E-state index in [4.69, 9.17) is 10.5 Å². The number of nitrogens with zero attached hydrogens (tertiary/aromatic N) is 8. The van der Waals surface area contributed by atoms with Gasteiger partial charge in [-0.25, -0.2) is 14.8 Å². The topological polar surface area (TPSA) is 257 Å². The van der Waals surface area contributed by atoms with Crippen LogP contribution in [0.25, 0.3) is 0 Å². The van der Waals surface area contributed by atoms with Gasteiger partial charge in [0.25, 0.3) is 0 Å². The number of piperidine rings is 2. The number of esters is 1. The molecule has 4 aliphatic heterocycles. The number of rotatable bonds is 17. The molecule has 6 aliphatic carbocycles. The Balaban J connectivity index is 0.000000149. The molecule has 4 bridgehead atoms. The van der Waals surface area contributed by atoms with Crippen molar-refractivity contribution in [2.24, 2.45) is 11.7 Å². The van der Waals surface area contributed by atoms with Crippen molar-refractivity contribution in [3.8, 4) is 5.75 Å². The number of anilines is 6. The zero-order valence-corrected chi connectivity index (χ0v) is 49.8. The Labute approximate surface area is 516 Å². The van der Waals surface area contributed by atoms with Crippen LogP contribution in [0.5, 0.6) is 5.75 Å². The van der Waals surface area contributed by atoms with Crippen LogP contribution in [0.3, 0.4) is 0 Å². The SMILES string of the molecule is C.C.NC1CC2CCC(C1)N2C1CC1.O=C(CC1CCC(Nc2nccc(Nc3cc(C4CCCC4)[nH]n3)n2)CC1)Oc1ccccc1.O=C(NC1CCC(Nc2nccc(Nc3cc(C4CCCC4)[nH]n3)n2)CC1)NC1CC2CCC(C1)N2C1CC1. The van der Waals surface area contributed by atoms with E-state index in [2.05, 4.69) is 94.2 Å². The molecule has 0 spiro atoms. The second kappa shape index (κ2) is 29.3. The van der Waals surface area contributed by atoms with Crippen molar-refractivity contribution in [2.75, 3.05) is 21.3 Å². The number of nitrogens with one attached hydrogen (secondary N) is 8. The van der Waals surface area contributed by atoms with Crippen LogP contribution in [0, 0.1) is 5.92 Å². The van der Waals surface area contributed by atoms with Gasteiger partial charge in [-0.3, -0.25) is 24.8 Å². The number of amides is 2. The Morgan fingerprint density at radius 1 is 0.506 bits per heavy atom. The molecule has 2 amide bonds. The highest BCUT2D eigenvalue weighted by molar-refractivity contribution is 5.74. The van der Waals surface area contributed by atoms with Crippen molar-refractivity contribution < 1.29 is 14.3 Å². The summed E-state index contributed by atoms with van der Waals surface area (Å²) in [5.41, 5.74) is 8.43. The number of ether oxygens (including phenoxy) is 1.